The van der Waals surface area contributed by atoms with Crippen molar-refractivity contribution in [2.24, 2.45) is 0 Å². The van der Waals surface area contributed by atoms with Gasteiger partial charge < -0.3 is 14.8 Å². The van der Waals surface area contributed by atoms with Crippen molar-refractivity contribution in [1.82, 2.24) is 9.78 Å². The largest absolute Gasteiger partial charge is 0.497 e. The molecule has 8 heteroatoms. The van der Waals surface area contributed by atoms with Gasteiger partial charge in [0.15, 0.2) is 0 Å². The molecular weight excluding hydrogens is 378 g/mol. The molecule has 0 saturated heterocycles. The molecular formula is C20H19N3O4S. The number of carbonyl (C=O) groups excluding carboxylic acids is 1. The van der Waals surface area contributed by atoms with Crippen LogP contribution in [-0.4, -0.2) is 34.1 Å². The van der Waals surface area contributed by atoms with Crippen LogP contribution in [0.5, 0.6) is 11.5 Å². The van der Waals surface area contributed by atoms with Crippen molar-refractivity contribution in [3.05, 3.63) is 65.4 Å². The zero-order valence-corrected chi connectivity index (χ0v) is 16.3. The summed E-state index contributed by atoms with van der Waals surface area (Å²) in [6.07, 6.45) is 0. The first-order valence-corrected chi connectivity index (χ1v) is 10.1. The summed E-state index contributed by atoms with van der Waals surface area (Å²) < 4.78 is 24.0. The van der Waals surface area contributed by atoms with E-state index in [9.17, 15) is 9.00 Å². The molecule has 7 nitrogen and oxygen atoms in total. The molecule has 0 unspecified atom stereocenters. The quantitative estimate of drug-likeness (QED) is 0.716. The predicted octanol–water partition coefficient (Wildman–Crippen LogP) is 2.90. The fourth-order valence-corrected chi connectivity index (χ4v) is 4.35. The summed E-state index contributed by atoms with van der Waals surface area (Å²) in [6.45, 7) is 0. The minimum absolute atomic E-state index is 0.266. The summed E-state index contributed by atoms with van der Waals surface area (Å²) in [7, 11) is 2.18. The fraction of sp³-hybridized carbons (Fsp3) is 0.200. The molecule has 0 radical (unpaired) electrons. The number of fused-ring (bicyclic) bond motifs is 1. The van der Waals surface area contributed by atoms with Crippen LogP contribution >= 0.6 is 0 Å². The molecule has 0 spiro atoms. The van der Waals surface area contributed by atoms with E-state index in [1.165, 1.54) is 0 Å². The molecule has 1 aliphatic heterocycles. The molecule has 2 aromatic carbocycles. The number of methoxy groups -OCH3 is 2. The number of rotatable bonds is 5. The maximum atomic E-state index is 12.8. The third-order valence-electron chi connectivity index (χ3n) is 4.57. The van der Waals surface area contributed by atoms with Gasteiger partial charge in [0.05, 0.1) is 37.1 Å². The highest BCUT2D eigenvalue weighted by molar-refractivity contribution is 7.83. The Morgan fingerprint density at radius 2 is 1.61 bits per heavy atom. The van der Waals surface area contributed by atoms with Crippen molar-refractivity contribution >= 4 is 22.5 Å². The number of nitrogens with one attached hydrogen (secondary N) is 1. The van der Waals surface area contributed by atoms with Gasteiger partial charge in [0.25, 0.3) is 5.91 Å². The molecule has 0 saturated carbocycles. The summed E-state index contributed by atoms with van der Waals surface area (Å²) in [5.41, 5.74) is 2.84. The van der Waals surface area contributed by atoms with Crippen molar-refractivity contribution in [1.29, 1.82) is 0 Å². The molecule has 144 valence electrons. The lowest BCUT2D eigenvalue weighted by Crippen LogP contribution is -2.16. The minimum atomic E-state index is -0.996. The van der Waals surface area contributed by atoms with Crippen molar-refractivity contribution in [3.63, 3.8) is 0 Å². The van der Waals surface area contributed by atoms with Gasteiger partial charge in [-0.2, -0.15) is 5.10 Å². The van der Waals surface area contributed by atoms with Gasteiger partial charge in [-0.05, 0) is 48.5 Å². The van der Waals surface area contributed by atoms with Crippen LogP contribution in [-0.2, 0) is 22.3 Å². The number of benzene rings is 2. The van der Waals surface area contributed by atoms with Crippen LogP contribution in [0.3, 0.4) is 0 Å². The molecule has 1 N–H and O–H groups in total. The van der Waals surface area contributed by atoms with Gasteiger partial charge in [-0.15, -0.1) is 0 Å². The lowest BCUT2D eigenvalue weighted by Gasteiger charge is -2.12. The van der Waals surface area contributed by atoms with Crippen LogP contribution in [0, 0.1) is 0 Å². The molecule has 1 aromatic heterocycles. The van der Waals surface area contributed by atoms with Crippen LogP contribution in [0.1, 0.15) is 21.6 Å². The van der Waals surface area contributed by atoms with Crippen molar-refractivity contribution in [3.8, 4) is 17.2 Å². The Balaban J connectivity index is 1.70. The smallest absolute Gasteiger partial charge is 0.256 e. The fourth-order valence-electron chi connectivity index (χ4n) is 3.09. The lowest BCUT2D eigenvalue weighted by atomic mass is 10.2. The average Bonchev–Trinajstić information content (AvgIpc) is 3.25. The van der Waals surface area contributed by atoms with E-state index in [0.29, 0.717) is 28.6 Å². The highest BCUT2D eigenvalue weighted by Gasteiger charge is 2.28. The van der Waals surface area contributed by atoms with Crippen molar-refractivity contribution in [2.75, 3.05) is 19.5 Å². The van der Waals surface area contributed by atoms with E-state index in [-0.39, 0.29) is 5.91 Å². The van der Waals surface area contributed by atoms with E-state index in [1.807, 2.05) is 24.3 Å². The van der Waals surface area contributed by atoms with Gasteiger partial charge in [-0.1, -0.05) is 0 Å². The van der Waals surface area contributed by atoms with Gasteiger partial charge in [-0.25, -0.2) is 4.68 Å². The summed E-state index contributed by atoms with van der Waals surface area (Å²) in [6, 6.07) is 14.2. The Hall–Kier alpha value is -3.13. The molecule has 0 bridgehead atoms. The van der Waals surface area contributed by atoms with Crippen molar-refractivity contribution in [2.45, 2.75) is 11.5 Å². The number of anilines is 1. The minimum Gasteiger partial charge on any atom is -0.497 e. The van der Waals surface area contributed by atoms with Crippen LogP contribution in [0.15, 0.2) is 48.5 Å². The first-order valence-electron chi connectivity index (χ1n) is 8.64. The highest BCUT2D eigenvalue weighted by atomic mass is 32.2. The summed E-state index contributed by atoms with van der Waals surface area (Å²) in [5.74, 6) is 2.46. The Morgan fingerprint density at radius 1 is 1.00 bits per heavy atom. The van der Waals surface area contributed by atoms with Crippen LogP contribution < -0.4 is 14.8 Å². The van der Waals surface area contributed by atoms with Crippen LogP contribution in [0.4, 0.5) is 5.82 Å². The molecule has 3 aromatic rings. The van der Waals surface area contributed by atoms with E-state index in [4.69, 9.17) is 9.47 Å². The number of ether oxygens (including phenoxy) is 2. The Kier molecular flexibility index (Phi) is 4.87. The first-order chi connectivity index (χ1) is 13.6. The molecule has 2 heterocycles. The number of amides is 1. The van der Waals surface area contributed by atoms with E-state index in [2.05, 4.69) is 10.4 Å². The first kappa shape index (κ1) is 18.2. The number of carbonyl (C=O) groups is 1. The number of hydrogen-bond donors (Lipinski definition) is 1. The second-order valence-corrected chi connectivity index (χ2v) is 7.75. The second-order valence-electron chi connectivity index (χ2n) is 6.29. The maximum absolute atomic E-state index is 12.8. The van der Waals surface area contributed by atoms with Crippen LogP contribution in [0.25, 0.3) is 5.69 Å². The highest BCUT2D eigenvalue weighted by Crippen LogP contribution is 2.32. The Labute approximate surface area is 164 Å². The van der Waals surface area contributed by atoms with E-state index >= 15 is 0 Å². The zero-order chi connectivity index (χ0) is 19.7. The summed E-state index contributed by atoms with van der Waals surface area (Å²) in [5, 5.41) is 7.54. The van der Waals surface area contributed by atoms with Gasteiger partial charge in [0.1, 0.15) is 17.3 Å². The molecule has 4 rings (SSSR count). The molecule has 1 amide bonds. The monoisotopic (exact) mass is 397 g/mol. The van der Waals surface area contributed by atoms with Gasteiger partial charge >= 0.3 is 0 Å². The Morgan fingerprint density at radius 3 is 2.21 bits per heavy atom. The number of hydrogen-bond acceptors (Lipinski definition) is 5. The normalized spacial score (nSPS) is 15.1. The SMILES string of the molecule is COc1ccc(C(=O)Nc2c3c(nn2-c2ccc(OC)cc2)C[S@@](=O)C3)cc1. The molecule has 1 aliphatic rings. The topological polar surface area (TPSA) is 82.4 Å². The van der Waals surface area contributed by atoms with E-state index < -0.39 is 10.8 Å². The third kappa shape index (κ3) is 3.38. The second kappa shape index (κ2) is 7.47. The van der Waals surface area contributed by atoms with Crippen LogP contribution in [0.2, 0.25) is 0 Å². The van der Waals surface area contributed by atoms with Gasteiger partial charge in [-0.3, -0.25) is 9.00 Å². The molecule has 1 atom stereocenters. The zero-order valence-electron chi connectivity index (χ0n) is 15.5. The van der Waals surface area contributed by atoms with E-state index in [0.717, 1.165) is 22.7 Å². The average molecular weight is 397 g/mol. The van der Waals surface area contributed by atoms with Gasteiger partial charge in [0.2, 0.25) is 0 Å². The number of aromatic nitrogens is 2. The van der Waals surface area contributed by atoms with E-state index in [1.54, 1.807) is 43.2 Å². The summed E-state index contributed by atoms with van der Waals surface area (Å²) >= 11 is 0. The summed E-state index contributed by atoms with van der Waals surface area (Å²) in [4.78, 5) is 12.8. The molecule has 28 heavy (non-hydrogen) atoms. The third-order valence-corrected chi connectivity index (χ3v) is 5.78. The lowest BCUT2D eigenvalue weighted by molar-refractivity contribution is 0.102. The standard InChI is InChI=1S/C20H19N3O4S/c1-26-15-7-3-13(4-8-15)20(24)21-19-17-11-28(25)12-18(17)22-23(19)14-5-9-16(27-2)10-6-14/h3-10H,11-12H2,1-2H3,(H,21,24)/t28-/m0/s1. The molecule has 0 aliphatic carbocycles. The number of nitrogens with zero attached hydrogens (tertiary/aromatic N) is 2. The maximum Gasteiger partial charge on any atom is 0.256 e. The Bertz CT molecular complexity index is 1040. The van der Waals surface area contributed by atoms with Gasteiger partial charge in [0, 0.05) is 21.9 Å². The molecule has 0 fully saturated rings. The predicted molar refractivity (Wildman–Crippen MR) is 107 cm³/mol. The van der Waals surface area contributed by atoms with Crippen molar-refractivity contribution < 1.29 is 18.5 Å².